The number of carbonyl (C=O) groups is 1. The largest absolute Gasteiger partial charge is 0.512 e. The summed E-state index contributed by atoms with van der Waals surface area (Å²) in [7, 11) is 0. The minimum Gasteiger partial charge on any atom is -0.428 e. The van der Waals surface area contributed by atoms with E-state index in [4.69, 9.17) is 19.9 Å². The molecule has 1 saturated carbocycles. The van der Waals surface area contributed by atoms with Crippen molar-refractivity contribution in [2.45, 2.75) is 81.6 Å². The highest BCUT2D eigenvalue weighted by Gasteiger charge is 2.60. The molecule has 2 fully saturated rings. The van der Waals surface area contributed by atoms with Crippen LogP contribution < -0.4 is 5.73 Å². The second-order valence-electron chi connectivity index (χ2n) is 8.63. The van der Waals surface area contributed by atoms with E-state index in [1.54, 1.807) is 18.2 Å². The fraction of sp³-hybridized carbons (Fsp3) is 0.619. The second-order valence-corrected chi connectivity index (χ2v) is 8.63. The fourth-order valence-electron chi connectivity index (χ4n) is 4.44. The molecule has 2 aromatic heterocycles. The summed E-state index contributed by atoms with van der Waals surface area (Å²) >= 11 is 0. The highest BCUT2D eigenvalue weighted by molar-refractivity contribution is 5.65. The van der Waals surface area contributed by atoms with Crippen molar-refractivity contribution in [1.82, 2.24) is 14.6 Å². The van der Waals surface area contributed by atoms with Crippen LogP contribution in [-0.2, 0) is 14.2 Å². The number of hydrogen-bond donors (Lipinski definition) is 3. The maximum absolute atomic E-state index is 12.6. The zero-order valence-electron chi connectivity index (χ0n) is 17.8. The summed E-state index contributed by atoms with van der Waals surface area (Å²) in [6.45, 7) is 1.83. The Kier molecular flexibility index (Phi) is 5.94. The van der Waals surface area contributed by atoms with Gasteiger partial charge in [-0.3, -0.25) is 0 Å². The maximum atomic E-state index is 12.6. The Labute approximate surface area is 184 Å². The Morgan fingerprint density at radius 3 is 2.62 bits per heavy atom. The number of carbonyl (C=O) groups excluding carboxylic acids is 1. The Bertz CT molecular complexity index is 1030. The van der Waals surface area contributed by atoms with Gasteiger partial charge in [-0.1, -0.05) is 19.3 Å². The van der Waals surface area contributed by atoms with Gasteiger partial charge in [0, 0.05) is 0 Å². The van der Waals surface area contributed by atoms with Gasteiger partial charge in [-0.15, -0.1) is 0 Å². The van der Waals surface area contributed by atoms with Crippen molar-refractivity contribution >= 4 is 17.5 Å². The molecule has 0 bridgehead atoms. The van der Waals surface area contributed by atoms with Crippen LogP contribution in [0.1, 0.15) is 63.7 Å². The van der Waals surface area contributed by atoms with E-state index in [0.717, 1.165) is 32.1 Å². The summed E-state index contributed by atoms with van der Waals surface area (Å²) in [5.41, 5.74) is 5.87. The van der Waals surface area contributed by atoms with Crippen LogP contribution in [0.3, 0.4) is 0 Å². The molecule has 0 radical (unpaired) electrons. The highest BCUT2D eigenvalue weighted by Crippen LogP contribution is 2.42. The summed E-state index contributed by atoms with van der Waals surface area (Å²) in [6, 6.07) is 4.88. The molecule has 11 heteroatoms. The van der Waals surface area contributed by atoms with Crippen molar-refractivity contribution in [3.8, 4) is 6.07 Å². The standard InChI is InChI=1S/C21H27N5O6/c1-20(9-5-3-2-4-6-10-20)31-19(29)32-21(11-22)17(28)15(27)16(30-21)13-7-8-14-18(23)24-12-25-26(13)14/h7-8,12,15-17,27-28H,2-6,9-10H2,1H3,(H2,23,24,25)/t15-,16-,17-,21+/m0/s1. The molecule has 1 aliphatic carbocycles. The minimum atomic E-state index is -2.44. The molecule has 11 nitrogen and oxygen atoms in total. The van der Waals surface area contributed by atoms with Crippen molar-refractivity contribution in [2.75, 3.05) is 5.73 Å². The number of ether oxygens (including phenoxy) is 3. The van der Waals surface area contributed by atoms with Gasteiger partial charge >= 0.3 is 11.9 Å². The molecule has 4 rings (SSSR count). The van der Waals surface area contributed by atoms with Crippen LogP contribution in [-0.4, -0.2) is 54.6 Å². The molecular weight excluding hydrogens is 418 g/mol. The minimum absolute atomic E-state index is 0.207. The van der Waals surface area contributed by atoms with E-state index >= 15 is 0 Å². The summed E-state index contributed by atoms with van der Waals surface area (Å²) in [6.07, 6.45) is 1.93. The fourth-order valence-corrected chi connectivity index (χ4v) is 4.44. The Hall–Kier alpha value is -2.94. The number of nitriles is 1. The van der Waals surface area contributed by atoms with Crippen LogP contribution >= 0.6 is 0 Å². The third kappa shape index (κ3) is 3.97. The number of aromatic nitrogens is 3. The molecule has 0 spiro atoms. The first-order valence-electron chi connectivity index (χ1n) is 10.7. The van der Waals surface area contributed by atoms with Gasteiger partial charge in [-0.05, 0) is 44.7 Å². The zero-order valence-corrected chi connectivity index (χ0v) is 17.8. The molecular formula is C21H27N5O6. The summed E-state index contributed by atoms with van der Waals surface area (Å²) < 4.78 is 17.8. The van der Waals surface area contributed by atoms with E-state index in [1.807, 2.05) is 6.92 Å². The molecule has 0 unspecified atom stereocenters. The topological polar surface area (TPSA) is 165 Å². The lowest BCUT2D eigenvalue weighted by molar-refractivity contribution is -0.207. The molecule has 172 valence electrons. The van der Waals surface area contributed by atoms with Crippen LogP contribution in [0.25, 0.3) is 5.52 Å². The van der Waals surface area contributed by atoms with Crippen LogP contribution in [0.5, 0.6) is 0 Å². The summed E-state index contributed by atoms with van der Waals surface area (Å²) in [5.74, 6) is -2.24. The van der Waals surface area contributed by atoms with Crippen molar-refractivity contribution in [3.05, 3.63) is 24.2 Å². The maximum Gasteiger partial charge on any atom is 0.512 e. The third-order valence-corrected chi connectivity index (χ3v) is 6.26. The molecule has 32 heavy (non-hydrogen) atoms. The van der Waals surface area contributed by atoms with Gasteiger partial charge in [0.05, 0.1) is 5.69 Å². The third-order valence-electron chi connectivity index (χ3n) is 6.26. The van der Waals surface area contributed by atoms with Gasteiger partial charge in [0.2, 0.25) is 0 Å². The summed E-state index contributed by atoms with van der Waals surface area (Å²) in [4.78, 5) is 16.5. The van der Waals surface area contributed by atoms with Crippen molar-refractivity contribution < 1.29 is 29.2 Å². The molecule has 0 aromatic carbocycles. The van der Waals surface area contributed by atoms with E-state index < -0.39 is 35.9 Å². The Morgan fingerprint density at radius 2 is 1.94 bits per heavy atom. The first kappa shape index (κ1) is 22.3. The van der Waals surface area contributed by atoms with E-state index in [2.05, 4.69) is 10.1 Å². The van der Waals surface area contributed by atoms with Gasteiger partial charge in [0.15, 0.2) is 11.9 Å². The molecule has 4 atom stereocenters. The monoisotopic (exact) mass is 445 g/mol. The van der Waals surface area contributed by atoms with Gasteiger partial charge in [-0.2, -0.15) is 10.4 Å². The van der Waals surface area contributed by atoms with Gasteiger partial charge < -0.3 is 30.2 Å². The average molecular weight is 445 g/mol. The molecule has 1 aliphatic heterocycles. The first-order valence-corrected chi connectivity index (χ1v) is 10.7. The first-order chi connectivity index (χ1) is 15.3. The van der Waals surface area contributed by atoms with Crippen LogP contribution in [0.4, 0.5) is 10.6 Å². The lowest BCUT2D eigenvalue weighted by atomic mass is 9.88. The molecule has 4 N–H and O–H groups in total. The Morgan fingerprint density at radius 1 is 1.25 bits per heavy atom. The molecule has 3 heterocycles. The molecule has 0 amide bonds. The van der Waals surface area contributed by atoms with E-state index in [9.17, 15) is 20.3 Å². The number of nitrogen functional groups attached to an aromatic ring is 1. The number of aliphatic hydroxyl groups excluding tert-OH is 2. The SMILES string of the molecule is CC1(OC(=O)O[C@@]2(C#N)O[C@@H](c3ccc4c(N)ncnn34)[C@H](O)[C@@H]2O)CCCCCCC1. The van der Waals surface area contributed by atoms with Gasteiger partial charge in [0.1, 0.15) is 35.7 Å². The predicted octanol–water partition coefficient (Wildman–Crippen LogP) is 1.98. The van der Waals surface area contributed by atoms with Gasteiger partial charge in [-0.25, -0.2) is 14.3 Å². The smallest absolute Gasteiger partial charge is 0.428 e. The second kappa shape index (κ2) is 8.54. The zero-order chi connectivity index (χ0) is 22.9. The summed E-state index contributed by atoms with van der Waals surface area (Å²) in [5, 5.41) is 35.1. The van der Waals surface area contributed by atoms with Crippen LogP contribution in [0.2, 0.25) is 0 Å². The van der Waals surface area contributed by atoms with Crippen molar-refractivity contribution in [3.63, 3.8) is 0 Å². The van der Waals surface area contributed by atoms with Crippen molar-refractivity contribution in [2.24, 2.45) is 0 Å². The van der Waals surface area contributed by atoms with Gasteiger partial charge in [0.25, 0.3) is 0 Å². The van der Waals surface area contributed by atoms with Crippen LogP contribution in [0.15, 0.2) is 18.5 Å². The van der Waals surface area contributed by atoms with E-state index in [1.165, 1.54) is 10.8 Å². The normalized spacial score (nSPS) is 30.2. The van der Waals surface area contributed by atoms with E-state index in [-0.39, 0.29) is 5.82 Å². The number of rotatable bonds is 3. The lowest BCUT2D eigenvalue weighted by Crippen LogP contribution is -2.47. The lowest BCUT2D eigenvalue weighted by Gasteiger charge is -2.32. The average Bonchev–Trinajstić information content (AvgIpc) is 3.27. The Balaban J connectivity index is 1.54. The number of nitrogens with zero attached hydrogens (tertiary/aromatic N) is 4. The quantitative estimate of drug-likeness (QED) is 0.595. The number of anilines is 1. The number of aliphatic hydroxyl groups is 2. The molecule has 1 saturated heterocycles. The number of nitrogens with two attached hydrogens (primary N) is 1. The number of fused-ring (bicyclic) bond motifs is 1. The molecule has 2 aromatic rings. The molecule has 2 aliphatic rings. The predicted molar refractivity (Wildman–Crippen MR) is 110 cm³/mol. The van der Waals surface area contributed by atoms with Crippen LogP contribution in [0, 0.1) is 11.3 Å². The highest BCUT2D eigenvalue weighted by atomic mass is 16.8. The van der Waals surface area contributed by atoms with E-state index in [0.29, 0.717) is 24.1 Å². The van der Waals surface area contributed by atoms with Crippen molar-refractivity contribution in [1.29, 1.82) is 5.26 Å². The number of hydrogen-bond acceptors (Lipinski definition) is 10.